The van der Waals surface area contributed by atoms with Gasteiger partial charge in [0.15, 0.2) is 6.10 Å². The average molecular weight is 277 g/mol. The molecule has 0 heterocycles. The summed E-state index contributed by atoms with van der Waals surface area (Å²) in [5.74, 6) is 0.143. The molecule has 0 bridgehead atoms. The zero-order valence-electron chi connectivity index (χ0n) is 11.7. The standard InChI is InChI=1S/C15H19NO4/c1-10(20-15(18)11-7-8-11)14(17)16-9-12-5-3-4-6-13(12)19-2/h3-6,10-11H,7-9H2,1-2H3,(H,16,17). The van der Waals surface area contributed by atoms with E-state index in [1.807, 2.05) is 24.3 Å². The zero-order valence-corrected chi connectivity index (χ0v) is 11.7. The largest absolute Gasteiger partial charge is 0.496 e. The Morgan fingerprint density at radius 1 is 1.35 bits per heavy atom. The number of hydrogen-bond donors (Lipinski definition) is 1. The third kappa shape index (κ3) is 3.73. The van der Waals surface area contributed by atoms with Crippen molar-refractivity contribution in [1.29, 1.82) is 0 Å². The van der Waals surface area contributed by atoms with Crippen molar-refractivity contribution in [2.24, 2.45) is 5.92 Å². The number of nitrogens with one attached hydrogen (secondary N) is 1. The Labute approximate surface area is 118 Å². The van der Waals surface area contributed by atoms with Gasteiger partial charge in [-0.2, -0.15) is 0 Å². The predicted octanol–water partition coefficient (Wildman–Crippen LogP) is 1.65. The molecular weight excluding hydrogens is 258 g/mol. The number of rotatable bonds is 6. The highest BCUT2D eigenvalue weighted by atomic mass is 16.5. The maximum absolute atomic E-state index is 11.9. The third-order valence-corrected chi connectivity index (χ3v) is 3.22. The van der Waals surface area contributed by atoms with Gasteiger partial charge in [0, 0.05) is 12.1 Å². The molecule has 1 atom stereocenters. The van der Waals surface area contributed by atoms with E-state index >= 15 is 0 Å². The van der Waals surface area contributed by atoms with Crippen LogP contribution >= 0.6 is 0 Å². The van der Waals surface area contributed by atoms with Crippen LogP contribution in [-0.4, -0.2) is 25.1 Å². The van der Waals surface area contributed by atoms with Crippen LogP contribution in [0.4, 0.5) is 0 Å². The summed E-state index contributed by atoms with van der Waals surface area (Å²) in [4.78, 5) is 23.3. The summed E-state index contributed by atoms with van der Waals surface area (Å²) in [6.45, 7) is 1.92. The van der Waals surface area contributed by atoms with Crippen LogP contribution in [0.1, 0.15) is 25.3 Å². The van der Waals surface area contributed by atoms with E-state index in [0.29, 0.717) is 6.54 Å². The van der Waals surface area contributed by atoms with Crippen molar-refractivity contribution >= 4 is 11.9 Å². The first kappa shape index (κ1) is 14.4. The number of amides is 1. The lowest BCUT2D eigenvalue weighted by molar-refractivity contribution is -0.156. The lowest BCUT2D eigenvalue weighted by Crippen LogP contribution is -2.35. The molecular formula is C15H19NO4. The van der Waals surface area contributed by atoms with Crippen molar-refractivity contribution in [2.75, 3.05) is 7.11 Å². The monoisotopic (exact) mass is 277 g/mol. The Kier molecular flexibility index (Phi) is 4.61. The molecule has 1 aliphatic rings. The molecule has 5 heteroatoms. The average Bonchev–Trinajstić information content (AvgIpc) is 3.29. The highest BCUT2D eigenvalue weighted by Crippen LogP contribution is 2.30. The summed E-state index contributed by atoms with van der Waals surface area (Å²) >= 11 is 0. The first-order chi connectivity index (χ1) is 9.61. The minimum absolute atomic E-state index is 0.000493. The fraction of sp³-hybridized carbons (Fsp3) is 0.467. The van der Waals surface area contributed by atoms with E-state index in [-0.39, 0.29) is 17.8 Å². The molecule has 0 radical (unpaired) electrons. The number of esters is 1. The summed E-state index contributed by atoms with van der Waals surface area (Å²) in [6, 6.07) is 7.45. The maximum atomic E-state index is 11.9. The Morgan fingerprint density at radius 2 is 2.05 bits per heavy atom. The van der Waals surface area contributed by atoms with E-state index in [9.17, 15) is 9.59 Å². The molecule has 1 N–H and O–H groups in total. The predicted molar refractivity (Wildman–Crippen MR) is 73.1 cm³/mol. The highest BCUT2D eigenvalue weighted by molar-refractivity contribution is 5.84. The van der Waals surface area contributed by atoms with E-state index in [1.54, 1.807) is 14.0 Å². The maximum Gasteiger partial charge on any atom is 0.309 e. The van der Waals surface area contributed by atoms with Gasteiger partial charge in [0.2, 0.25) is 0 Å². The van der Waals surface area contributed by atoms with Crippen LogP contribution in [-0.2, 0) is 20.9 Å². The quantitative estimate of drug-likeness (QED) is 0.803. The van der Waals surface area contributed by atoms with Crippen molar-refractivity contribution in [1.82, 2.24) is 5.32 Å². The van der Waals surface area contributed by atoms with Crippen molar-refractivity contribution in [3.05, 3.63) is 29.8 Å². The molecule has 0 spiro atoms. The molecule has 1 fully saturated rings. The summed E-state index contributed by atoms with van der Waals surface area (Å²) in [7, 11) is 1.58. The van der Waals surface area contributed by atoms with Crippen LogP contribution in [0.3, 0.4) is 0 Å². The molecule has 1 saturated carbocycles. The molecule has 0 aromatic heterocycles. The minimum Gasteiger partial charge on any atom is -0.496 e. The second-order valence-corrected chi connectivity index (χ2v) is 4.88. The molecule has 5 nitrogen and oxygen atoms in total. The zero-order chi connectivity index (χ0) is 14.5. The smallest absolute Gasteiger partial charge is 0.309 e. The Bertz CT molecular complexity index is 496. The molecule has 1 aromatic rings. The number of hydrogen-bond acceptors (Lipinski definition) is 4. The van der Waals surface area contributed by atoms with Crippen LogP contribution in [0.25, 0.3) is 0 Å². The molecule has 0 aliphatic heterocycles. The first-order valence-corrected chi connectivity index (χ1v) is 6.72. The summed E-state index contributed by atoms with van der Waals surface area (Å²) in [5.41, 5.74) is 0.879. The first-order valence-electron chi connectivity index (χ1n) is 6.72. The second kappa shape index (κ2) is 6.41. The molecule has 1 aliphatic carbocycles. The van der Waals surface area contributed by atoms with Crippen molar-refractivity contribution < 1.29 is 19.1 Å². The molecule has 20 heavy (non-hydrogen) atoms. The number of ether oxygens (including phenoxy) is 2. The fourth-order valence-corrected chi connectivity index (χ4v) is 1.82. The van der Waals surface area contributed by atoms with Gasteiger partial charge in [0.25, 0.3) is 5.91 Å². The number of methoxy groups -OCH3 is 1. The van der Waals surface area contributed by atoms with Crippen LogP contribution in [0.15, 0.2) is 24.3 Å². The van der Waals surface area contributed by atoms with Crippen LogP contribution in [0, 0.1) is 5.92 Å². The van der Waals surface area contributed by atoms with Crippen molar-refractivity contribution in [3.8, 4) is 5.75 Å². The van der Waals surface area contributed by atoms with Gasteiger partial charge < -0.3 is 14.8 Å². The lowest BCUT2D eigenvalue weighted by atomic mass is 10.2. The van der Waals surface area contributed by atoms with E-state index in [4.69, 9.17) is 9.47 Å². The number of carbonyl (C=O) groups excluding carboxylic acids is 2. The van der Waals surface area contributed by atoms with Crippen molar-refractivity contribution in [3.63, 3.8) is 0 Å². The molecule has 2 rings (SSSR count). The van der Waals surface area contributed by atoms with E-state index in [2.05, 4.69) is 5.32 Å². The van der Waals surface area contributed by atoms with Crippen LogP contribution in [0.2, 0.25) is 0 Å². The van der Waals surface area contributed by atoms with Gasteiger partial charge in [0.1, 0.15) is 5.75 Å². The van der Waals surface area contributed by atoms with Gasteiger partial charge >= 0.3 is 5.97 Å². The van der Waals surface area contributed by atoms with E-state index in [1.165, 1.54) is 0 Å². The highest BCUT2D eigenvalue weighted by Gasteiger charge is 2.33. The minimum atomic E-state index is -0.766. The lowest BCUT2D eigenvalue weighted by Gasteiger charge is -2.14. The molecule has 0 saturated heterocycles. The SMILES string of the molecule is COc1ccccc1CNC(=O)C(C)OC(=O)C1CC1. The second-order valence-electron chi connectivity index (χ2n) is 4.88. The Morgan fingerprint density at radius 3 is 2.70 bits per heavy atom. The van der Waals surface area contributed by atoms with Gasteiger partial charge in [-0.25, -0.2) is 0 Å². The van der Waals surface area contributed by atoms with E-state index in [0.717, 1.165) is 24.2 Å². The summed E-state index contributed by atoms with van der Waals surface area (Å²) in [5, 5.41) is 2.74. The van der Waals surface area contributed by atoms with Gasteiger partial charge in [-0.1, -0.05) is 18.2 Å². The summed E-state index contributed by atoms with van der Waals surface area (Å²) < 4.78 is 10.3. The molecule has 1 amide bonds. The molecule has 1 unspecified atom stereocenters. The van der Waals surface area contributed by atoms with Gasteiger partial charge in [-0.05, 0) is 25.8 Å². The molecule has 1 aromatic carbocycles. The molecule has 108 valence electrons. The Balaban J connectivity index is 1.83. The topological polar surface area (TPSA) is 64.6 Å². The third-order valence-electron chi connectivity index (χ3n) is 3.22. The van der Waals surface area contributed by atoms with Crippen LogP contribution < -0.4 is 10.1 Å². The number of para-hydroxylation sites is 1. The number of benzene rings is 1. The van der Waals surface area contributed by atoms with Crippen molar-refractivity contribution in [2.45, 2.75) is 32.4 Å². The van der Waals surface area contributed by atoms with Gasteiger partial charge in [0.05, 0.1) is 13.0 Å². The normalized spacial score (nSPS) is 15.3. The number of carbonyl (C=O) groups is 2. The van der Waals surface area contributed by atoms with E-state index < -0.39 is 6.10 Å². The fourth-order valence-electron chi connectivity index (χ4n) is 1.82. The summed E-state index contributed by atoms with van der Waals surface area (Å²) in [6.07, 6.45) is 0.973. The van der Waals surface area contributed by atoms with Crippen LogP contribution in [0.5, 0.6) is 5.75 Å². The van der Waals surface area contributed by atoms with Gasteiger partial charge in [-0.15, -0.1) is 0 Å². The van der Waals surface area contributed by atoms with Gasteiger partial charge in [-0.3, -0.25) is 9.59 Å². The Hall–Kier alpha value is -2.04.